The van der Waals surface area contributed by atoms with Crippen molar-refractivity contribution >= 4 is 10.8 Å². The second kappa shape index (κ2) is 4.92. The van der Waals surface area contributed by atoms with Gasteiger partial charge in [0.05, 0.1) is 22.3 Å². The quantitative estimate of drug-likeness (QED) is 0.666. The highest BCUT2D eigenvalue weighted by molar-refractivity contribution is 5.87. The number of halogens is 6. The fraction of sp³-hybridized carbons (Fsp3) is 0.143. The molecule has 0 radical (unpaired) electrons. The van der Waals surface area contributed by atoms with Crippen LogP contribution in [0.1, 0.15) is 22.3 Å². The number of hydrogen-bond acceptors (Lipinski definition) is 2. The molecule has 2 nitrogen and oxygen atoms in total. The number of hydrogen-bond donors (Lipinski definition) is 0. The summed E-state index contributed by atoms with van der Waals surface area (Å²) in [5.74, 6) is 0. The Kier molecular flexibility index (Phi) is 3.50. The van der Waals surface area contributed by atoms with Crippen LogP contribution in [-0.2, 0) is 12.4 Å². The minimum Gasteiger partial charge on any atom is -0.192 e. The van der Waals surface area contributed by atoms with E-state index in [4.69, 9.17) is 10.5 Å². The van der Waals surface area contributed by atoms with Crippen molar-refractivity contribution in [3.8, 4) is 12.1 Å². The first-order chi connectivity index (χ1) is 10.1. The van der Waals surface area contributed by atoms with Crippen molar-refractivity contribution in [3.63, 3.8) is 0 Å². The largest absolute Gasteiger partial charge is 0.417 e. The highest BCUT2D eigenvalue weighted by Gasteiger charge is 2.43. The van der Waals surface area contributed by atoms with E-state index in [9.17, 15) is 26.3 Å². The van der Waals surface area contributed by atoms with Crippen molar-refractivity contribution in [2.24, 2.45) is 0 Å². The van der Waals surface area contributed by atoms with Gasteiger partial charge in [0, 0.05) is 0 Å². The van der Waals surface area contributed by atoms with Crippen LogP contribution in [0.4, 0.5) is 26.3 Å². The number of alkyl halides is 6. The maximum Gasteiger partial charge on any atom is 0.417 e. The summed E-state index contributed by atoms with van der Waals surface area (Å²) in [7, 11) is 0. The summed E-state index contributed by atoms with van der Waals surface area (Å²) in [5, 5.41) is 17.2. The third kappa shape index (κ3) is 2.68. The Hall–Kier alpha value is -2.74. The van der Waals surface area contributed by atoms with Gasteiger partial charge in [-0.25, -0.2) is 0 Å². The van der Waals surface area contributed by atoms with Gasteiger partial charge in [-0.2, -0.15) is 36.9 Å². The third-order valence-electron chi connectivity index (χ3n) is 2.96. The van der Waals surface area contributed by atoms with Gasteiger partial charge in [-0.1, -0.05) is 0 Å². The van der Waals surface area contributed by atoms with Crippen molar-refractivity contribution in [2.45, 2.75) is 12.4 Å². The summed E-state index contributed by atoms with van der Waals surface area (Å²) >= 11 is 0. The molecule has 0 atom stereocenters. The first kappa shape index (κ1) is 15.6. The van der Waals surface area contributed by atoms with Crippen LogP contribution in [0, 0.1) is 22.7 Å². The van der Waals surface area contributed by atoms with E-state index in [0.29, 0.717) is 12.1 Å². The lowest BCUT2D eigenvalue weighted by Crippen LogP contribution is -2.16. The maximum atomic E-state index is 12.8. The standard InChI is InChI=1S/C14H4F6N2/c15-13(16,17)11-3-7-1-9(5-21)10(6-22)2-8(7)4-12(11)14(18,19)20/h1-4H. The molecule has 22 heavy (non-hydrogen) atoms. The van der Waals surface area contributed by atoms with E-state index < -0.39 is 23.5 Å². The molecule has 0 unspecified atom stereocenters. The first-order valence-corrected chi connectivity index (χ1v) is 5.64. The lowest BCUT2D eigenvalue weighted by Gasteiger charge is -2.16. The fourth-order valence-electron chi connectivity index (χ4n) is 2.00. The molecule has 0 N–H and O–H groups in total. The van der Waals surface area contributed by atoms with Gasteiger partial charge in [0.15, 0.2) is 0 Å². The topological polar surface area (TPSA) is 47.6 Å². The number of nitrogens with zero attached hydrogens (tertiary/aromatic N) is 2. The zero-order valence-corrected chi connectivity index (χ0v) is 10.5. The van der Waals surface area contributed by atoms with Crippen LogP contribution in [0.3, 0.4) is 0 Å². The van der Waals surface area contributed by atoms with Gasteiger partial charge in [0.25, 0.3) is 0 Å². The van der Waals surface area contributed by atoms with E-state index in [1.807, 2.05) is 0 Å². The predicted molar refractivity (Wildman–Crippen MR) is 63.4 cm³/mol. The van der Waals surface area contributed by atoms with Crippen LogP contribution >= 0.6 is 0 Å². The molecule has 8 heteroatoms. The molecular formula is C14H4F6N2. The second-order valence-electron chi connectivity index (χ2n) is 4.36. The molecule has 2 aromatic rings. The smallest absolute Gasteiger partial charge is 0.192 e. The Bertz CT molecular complexity index is 763. The highest BCUT2D eigenvalue weighted by atomic mass is 19.4. The minimum atomic E-state index is -5.19. The molecule has 2 rings (SSSR count). The summed E-state index contributed by atoms with van der Waals surface area (Å²) in [6.07, 6.45) is -10.4. The van der Waals surface area contributed by atoms with Crippen LogP contribution in [0.2, 0.25) is 0 Å². The van der Waals surface area contributed by atoms with Crippen molar-refractivity contribution in [3.05, 3.63) is 46.5 Å². The van der Waals surface area contributed by atoms with E-state index >= 15 is 0 Å². The van der Waals surface area contributed by atoms with Gasteiger partial charge in [0.1, 0.15) is 12.1 Å². The van der Waals surface area contributed by atoms with E-state index in [-0.39, 0.29) is 21.9 Å². The van der Waals surface area contributed by atoms with Crippen LogP contribution in [-0.4, -0.2) is 0 Å². The van der Waals surface area contributed by atoms with Crippen molar-refractivity contribution < 1.29 is 26.3 Å². The van der Waals surface area contributed by atoms with E-state index in [1.54, 1.807) is 12.1 Å². The zero-order chi connectivity index (χ0) is 16.7. The minimum absolute atomic E-state index is 0.198. The molecular weight excluding hydrogens is 310 g/mol. The molecule has 0 aromatic heterocycles. The Morgan fingerprint density at radius 3 is 1.18 bits per heavy atom. The first-order valence-electron chi connectivity index (χ1n) is 5.64. The molecule has 0 saturated carbocycles. The van der Waals surface area contributed by atoms with Crippen LogP contribution in [0.5, 0.6) is 0 Å². The lowest BCUT2D eigenvalue weighted by atomic mass is 9.96. The predicted octanol–water partition coefficient (Wildman–Crippen LogP) is 4.62. The molecule has 0 amide bonds. The average molecular weight is 314 g/mol. The molecule has 2 aromatic carbocycles. The van der Waals surface area contributed by atoms with Crippen LogP contribution < -0.4 is 0 Å². The van der Waals surface area contributed by atoms with Crippen LogP contribution in [0.25, 0.3) is 10.8 Å². The van der Waals surface area contributed by atoms with Gasteiger partial charge in [-0.15, -0.1) is 0 Å². The molecule has 0 aliphatic heterocycles. The molecule has 112 valence electrons. The number of fused-ring (bicyclic) bond motifs is 1. The summed E-state index contributed by atoms with van der Waals surface area (Å²) < 4.78 is 76.9. The Morgan fingerprint density at radius 1 is 0.636 bits per heavy atom. The Labute approximate surface area is 119 Å². The third-order valence-corrected chi connectivity index (χ3v) is 2.96. The molecule has 0 aliphatic rings. The van der Waals surface area contributed by atoms with Crippen molar-refractivity contribution in [1.82, 2.24) is 0 Å². The molecule has 0 fully saturated rings. The monoisotopic (exact) mass is 314 g/mol. The summed E-state index contributed by atoms with van der Waals surface area (Å²) in [6, 6.07) is 5.82. The molecule has 0 heterocycles. The average Bonchev–Trinajstić information content (AvgIpc) is 2.42. The van der Waals surface area contributed by atoms with Crippen molar-refractivity contribution in [1.29, 1.82) is 10.5 Å². The van der Waals surface area contributed by atoms with E-state index in [1.165, 1.54) is 0 Å². The van der Waals surface area contributed by atoms with Gasteiger partial charge >= 0.3 is 12.4 Å². The number of nitriles is 2. The molecule has 0 saturated heterocycles. The van der Waals surface area contributed by atoms with Gasteiger partial charge in [-0.05, 0) is 35.0 Å². The summed E-state index contributed by atoms with van der Waals surface area (Å²) in [6.45, 7) is 0. The summed E-state index contributed by atoms with van der Waals surface area (Å²) in [5.41, 5.74) is -4.08. The summed E-state index contributed by atoms with van der Waals surface area (Å²) in [4.78, 5) is 0. The fourth-order valence-corrected chi connectivity index (χ4v) is 2.00. The SMILES string of the molecule is N#Cc1cc2cc(C(F)(F)F)c(C(F)(F)F)cc2cc1C#N. The highest BCUT2D eigenvalue weighted by Crippen LogP contribution is 2.42. The number of rotatable bonds is 0. The molecule has 0 bridgehead atoms. The van der Waals surface area contributed by atoms with Gasteiger partial charge < -0.3 is 0 Å². The Morgan fingerprint density at radius 2 is 0.955 bits per heavy atom. The lowest BCUT2D eigenvalue weighted by molar-refractivity contribution is -0.161. The molecule has 0 aliphatic carbocycles. The van der Waals surface area contributed by atoms with E-state index in [2.05, 4.69) is 0 Å². The zero-order valence-electron chi connectivity index (χ0n) is 10.5. The van der Waals surface area contributed by atoms with Gasteiger partial charge in [-0.3, -0.25) is 0 Å². The Balaban J connectivity index is 2.91. The van der Waals surface area contributed by atoms with Crippen LogP contribution in [0.15, 0.2) is 24.3 Å². The van der Waals surface area contributed by atoms with Gasteiger partial charge in [0.2, 0.25) is 0 Å². The maximum absolute atomic E-state index is 12.8. The molecule has 0 spiro atoms. The number of benzene rings is 2. The normalized spacial score (nSPS) is 12.0. The van der Waals surface area contributed by atoms with E-state index in [0.717, 1.165) is 12.1 Å². The second-order valence-corrected chi connectivity index (χ2v) is 4.36. The van der Waals surface area contributed by atoms with Crippen molar-refractivity contribution in [2.75, 3.05) is 0 Å².